The van der Waals surface area contributed by atoms with Gasteiger partial charge in [-0.05, 0) is 25.2 Å². The summed E-state index contributed by atoms with van der Waals surface area (Å²) in [6.07, 6.45) is 1.30. The van der Waals surface area contributed by atoms with Crippen LogP contribution < -0.4 is 15.4 Å². The summed E-state index contributed by atoms with van der Waals surface area (Å²) < 4.78 is 20.2. The second kappa shape index (κ2) is 8.23. The van der Waals surface area contributed by atoms with Gasteiger partial charge in [0.2, 0.25) is 0 Å². The molecule has 0 fully saturated rings. The molecule has 0 aliphatic heterocycles. The summed E-state index contributed by atoms with van der Waals surface area (Å²) in [4.78, 5) is 19.1. The van der Waals surface area contributed by atoms with Crippen molar-refractivity contribution >= 4 is 44.0 Å². The fourth-order valence-corrected chi connectivity index (χ4v) is 2.74. The highest BCUT2D eigenvalue weighted by molar-refractivity contribution is 9.10. The van der Waals surface area contributed by atoms with Crippen molar-refractivity contribution in [3.05, 3.63) is 57.1 Å². The molecule has 0 bridgehead atoms. The van der Waals surface area contributed by atoms with Crippen molar-refractivity contribution in [1.82, 2.24) is 15.3 Å². The summed E-state index contributed by atoms with van der Waals surface area (Å²) in [6, 6.07) is 7.32. The van der Waals surface area contributed by atoms with Crippen LogP contribution in [0.15, 0.2) is 41.1 Å². The molecule has 2 aromatic carbocycles. The van der Waals surface area contributed by atoms with Gasteiger partial charge >= 0.3 is 5.69 Å². The van der Waals surface area contributed by atoms with E-state index in [0.29, 0.717) is 21.9 Å². The lowest BCUT2D eigenvalue weighted by Crippen LogP contribution is -2.16. The van der Waals surface area contributed by atoms with E-state index in [1.165, 1.54) is 30.6 Å². The highest BCUT2D eigenvalue weighted by Gasteiger charge is 2.19. The smallest absolute Gasteiger partial charge is 0.311 e. The number of rotatable bonds is 7. The van der Waals surface area contributed by atoms with Crippen molar-refractivity contribution in [1.29, 1.82) is 0 Å². The Morgan fingerprint density at radius 1 is 1.30 bits per heavy atom. The molecule has 0 saturated heterocycles. The second-order valence-electron chi connectivity index (χ2n) is 5.52. The van der Waals surface area contributed by atoms with E-state index in [4.69, 9.17) is 4.74 Å². The SMILES string of the molecule is CNCCOc1cc2ncnc(Nc3ccc(Br)cc3F)c2cc1[N+](=O)[O-]. The number of nitrogens with one attached hydrogen (secondary N) is 2. The van der Waals surface area contributed by atoms with E-state index in [1.54, 1.807) is 13.1 Å². The molecule has 0 atom stereocenters. The summed E-state index contributed by atoms with van der Waals surface area (Å²) in [7, 11) is 1.75. The molecule has 2 N–H and O–H groups in total. The van der Waals surface area contributed by atoms with E-state index < -0.39 is 10.7 Å². The first-order valence-electron chi connectivity index (χ1n) is 7.92. The van der Waals surface area contributed by atoms with Crippen LogP contribution in [0.5, 0.6) is 5.75 Å². The number of anilines is 2. The second-order valence-corrected chi connectivity index (χ2v) is 6.43. The number of hydrogen-bond acceptors (Lipinski definition) is 7. The number of nitrogens with zero attached hydrogens (tertiary/aromatic N) is 3. The molecule has 10 heteroatoms. The predicted octanol–water partition coefficient (Wildman–Crippen LogP) is 3.78. The van der Waals surface area contributed by atoms with Gasteiger partial charge in [0.1, 0.15) is 24.6 Å². The van der Waals surface area contributed by atoms with Gasteiger partial charge in [0, 0.05) is 23.2 Å². The Hall–Kier alpha value is -2.85. The average molecular weight is 436 g/mol. The Balaban J connectivity index is 2.04. The first kappa shape index (κ1) is 18.9. The molecule has 1 aromatic heterocycles. The summed E-state index contributed by atoms with van der Waals surface area (Å²) in [5, 5.41) is 17.6. The Labute approximate surface area is 162 Å². The average Bonchev–Trinajstić information content (AvgIpc) is 2.63. The molecule has 8 nitrogen and oxygen atoms in total. The number of nitro groups is 1. The highest BCUT2D eigenvalue weighted by Crippen LogP contribution is 2.35. The van der Waals surface area contributed by atoms with E-state index in [-0.39, 0.29) is 29.5 Å². The quantitative estimate of drug-likeness (QED) is 0.330. The highest BCUT2D eigenvalue weighted by atomic mass is 79.9. The van der Waals surface area contributed by atoms with Crippen LogP contribution in [0.1, 0.15) is 0 Å². The van der Waals surface area contributed by atoms with E-state index in [2.05, 4.69) is 36.5 Å². The van der Waals surface area contributed by atoms with Crippen LogP contribution in [0.3, 0.4) is 0 Å². The topological polar surface area (TPSA) is 102 Å². The van der Waals surface area contributed by atoms with Gasteiger partial charge in [-0.1, -0.05) is 15.9 Å². The van der Waals surface area contributed by atoms with Crippen molar-refractivity contribution in [2.75, 3.05) is 25.5 Å². The number of aromatic nitrogens is 2. The normalized spacial score (nSPS) is 10.8. The van der Waals surface area contributed by atoms with Gasteiger partial charge in [-0.3, -0.25) is 10.1 Å². The molecule has 3 rings (SSSR count). The number of benzene rings is 2. The molecule has 0 amide bonds. The van der Waals surface area contributed by atoms with Crippen LogP contribution >= 0.6 is 15.9 Å². The zero-order valence-electron chi connectivity index (χ0n) is 14.2. The molecule has 140 valence electrons. The van der Waals surface area contributed by atoms with Gasteiger partial charge in [-0.25, -0.2) is 14.4 Å². The lowest BCUT2D eigenvalue weighted by Gasteiger charge is -2.11. The van der Waals surface area contributed by atoms with E-state index in [1.807, 2.05) is 0 Å². The molecule has 0 radical (unpaired) electrons. The van der Waals surface area contributed by atoms with Crippen LogP contribution in [-0.2, 0) is 0 Å². The lowest BCUT2D eigenvalue weighted by atomic mass is 10.2. The summed E-state index contributed by atoms with van der Waals surface area (Å²) >= 11 is 3.19. The fourth-order valence-electron chi connectivity index (χ4n) is 2.41. The molecule has 0 spiro atoms. The minimum atomic E-state index is -0.537. The summed E-state index contributed by atoms with van der Waals surface area (Å²) in [5.41, 5.74) is 0.415. The van der Waals surface area contributed by atoms with E-state index in [9.17, 15) is 14.5 Å². The van der Waals surface area contributed by atoms with Crippen molar-refractivity contribution in [3.63, 3.8) is 0 Å². The van der Waals surface area contributed by atoms with Gasteiger partial charge < -0.3 is 15.4 Å². The first-order chi connectivity index (χ1) is 13.0. The Kier molecular flexibility index (Phi) is 5.77. The third-order valence-electron chi connectivity index (χ3n) is 3.71. The van der Waals surface area contributed by atoms with Crippen molar-refractivity contribution in [3.8, 4) is 5.75 Å². The Morgan fingerprint density at radius 2 is 2.11 bits per heavy atom. The molecule has 3 aromatic rings. The van der Waals surface area contributed by atoms with Gasteiger partial charge in [-0.15, -0.1) is 0 Å². The van der Waals surface area contributed by atoms with Crippen molar-refractivity contribution in [2.24, 2.45) is 0 Å². The van der Waals surface area contributed by atoms with Gasteiger partial charge in [0.15, 0.2) is 5.75 Å². The lowest BCUT2D eigenvalue weighted by molar-refractivity contribution is -0.385. The van der Waals surface area contributed by atoms with Crippen molar-refractivity contribution < 1.29 is 14.1 Å². The van der Waals surface area contributed by atoms with Crippen LogP contribution in [0.4, 0.5) is 21.6 Å². The predicted molar refractivity (Wildman–Crippen MR) is 103 cm³/mol. The number of nitro benzene ring substituents is 1. The van der Waals surface area contributed by atoms with Gasteiger partial charge in [-0.2, -0.15) is 0 Å². The summed E-state index contributed by atoms with van der Waals surface area (Å²) in [5.74, 6) is -0.119. The molecule has 0 aliphatic carbocycles. The first-order valence-corrected chi connectivity index (χ1v) is 8.71. The Bertz CT molecular complexity index is 1000. The zero-order valence-corrected chi connectivity index (χ0v) is 15.8. The summed E-state index contributed by atoms with van der Waals surface area (Å²) in [6.45, 7) is 0.803. The van der Waals surface area contributed by atoms with E-state index >= 15 is 0 Å². The minimum Gasteiger partial charge on any atom is -0.485 e. The van der Waals surface area contributed by atoms with E-state index in [0.717, 1.165) is 0 Å². The maximum atomic E-state index is 14.1. The third-order valence-corrected chi connectivity index (χ3v) is 4.20. The van der Waals surface area contributed by atoms with Crippen LogP contribution in [-0.4, -0.2) is 35.1 Å². The number of hydrogen-bond donors (Lipinski definition) is 2. The molecule has 1 heterocycles. The largest absolute Gasteiger partial charge is 0.485 e. The number of halogens is 2. The Morgan fingerprint density at radius 3 is 2.81 bits per heavy atom. The minimum absolute atomic E-state index is 0.113. The number of fused-ring (bicyclic) bond motifs is 1. The maximum absolute atomic E-state index is 14.1. The monoisotopic (exact) mass is 435 g/mol. The van der Waals surface area contributed by atoms with Crippen molar-refractivity contribution in [2.45, 2.75) is 0 Å². The molecular formula is C17H15BrFN5O3. The van der Waals surface area contributed by atoms with Gasteiger partial charge in [0.05, 0.1) is 21.5 Å². The standard InChI is InChI=1S/C17H15BrFN5O3/c1-20-4-5-27-16-8-14-11(7-15(16)24(25)26)17(22-9-21-14)23-13-3-2-10(18)6-12(13)19/h2-3,6-9,20H,4-5H2,1H3,(H,21,22,23). The molecular weight excluding hydrogens is 421 g/mol. The molecule has 0 unspecified atom stereocenters. The van der Waals surface area contributed by atoms with Crippen LogP contribution in [0, 0.1) is 15.9 Å². The van der Waals surface area contributed by atoms with Gasteiger partial charge in [0.25, 0.3) is 0 Å². The molecule has 0 saturated carbocycles. The molecule has 0 aliphatic rings. The molecule has 27 heavy (non-hydrogen) atoms. The maximum Gasteiger partial charge on any atom is 0.311 e. The zero-order chi connectivity index (χ0) is 19.4. The number of likely N-dealkylation sites (N-methyl/N-ethyl adjacent to an activating group) is 1. The fraction of sp³-hybridized carbons (Fsp3) is 0.176. The number of ether oxygens (including phenoxy) is 1. The van der Waals surface area contributed by atoms with Crippen LogP contribution in [0.2, 0.25) is 0 Å². The van der Waals surface area contributed by atoms with Crippen LogP contribution in [0.25, 0.3) is 10.9 Å². The third kappa shape index (κ3) is 4.29.